The second kappa shape index (κ2) is 8.30. The van der Waals surface area contributed by atoms with Crippen LogP contribution in [0.3, 0.4) is 0 Å². The Morgan fingerprint density at radius 3 is 2.71 bits per heavy atom. The number of para-hydroxylation sites is 1. The van der Waals surface area contributed by atoms with Crippen LogP contribution in [0.4, 0.5) is 0 Å². The molecule has 28 heavy (non-hydrogen) atoms. The number of aromatic nitrogens is 1. The van der Waals surface area contributed by atoms with Crippen molar-refractivity contribution in [1.29, 1.82) is 0 Å². The van der Waals surface area contributed by atoms with E-state index in [0.29, 0.717) is 5.92 Å². The van der Waals surface area contributed by atoms with E-state index >= 15 is 0 Å². The highest BCUT2D eigenvalue weighted by atomic mass is 16.5. The summed E-state index contributed by atoms with van der Waals surface area (Å²) in [5.74, 6) is 0.787. The SMILES string of the molecule is Cc1ccc(C(C)C)c(OCC(=O)NN=Cc2c(C)n(C)c3ccccc23)c1. The molecular formula is C23H27N3O2. The molecule has 1 aromatic heterocycles. The van der Waals surface area contributed by atoms with Crippen molar-refractivity contribution in [3.05, 3.63) is 64.8 Å². The molecule has 0 unspecified atom stereocenters. The van der Waals surface area contributed by atoms with E-state index in [4.69, 9.17) is 4.74 Å². The zero-order valence-corrected chi connectivity index (χ0v) is 17.1. The lowest BCUT2D eigenvalue weighted by atomic mass is 10.0. The number of carbonyl (C=O) groups excluding carboxylic acids is 1. The molecule has 3 rings (SSSR count). The Labute approximate surface area is 166 Å². The molecule has 0 aliphatic rings. The predicted octanol–water partition coefficient (Wildman–Crippen LogP) is 4.45. The molecule has 3 aromatic rings. The zero-order chi connectivity index (χ0) is 20.3. The maximum atomic E-state index is 12.2. The topological polar surface area (TPSA) is 55.6 Å². The number of benzene rings is 2. The van der Waals surface area contributed by atoms with E-state index in [1.807, 2.05) is 39.1 Å². The molecule has 0 bridgehead atoms. The molecule has 1 N–H and O–H groups in total. The molecular weight excluding hydrogens is 350 g/mol. The van der Waals surface area contributed by atoms with Gasteiger partial charge in [0.25, 0.3) is 5.91 Å². The highest BCUT2D eigenvalue weighted by Gasteiger charge is 2.11. The van der Waals surface area contributed by atoms with Gasteiger partial charge in [-0.25, -0.2) is 5.43 Å². The van der Waals surface area contributed by atoms with Crippen molar-refractivity contribution in [2.75, 3.05) is 6.61 Å². The summed E-state index contributed by atoms with van der Waals surface area (Å²) >= 11 is 0. The molecule has 0 aliphatic carbocycles. The van der Waals surface area contributed by atoms with Gasteiger partial charge in [0.15, 0.2) is 6.61 Å². The molecule has 2 aromatic carbocycles. The number of hydrogen-bond donors (Lipinski definition) is 1. The Balaban J connectivity index is 1.66. The van der Waals surface area contributed by atoms with E-state index in [1.165, 1.54) is 0 Å². The van der Waals surface area contributed by atoms with Gasteiger partial charge in [-0.05, 0) is 43.0 Å². The predicted molar refractivity (Wildman–Crippen MR) is 114 cm³/mol. The summed E-state index contributed by atoms with van der Waals surface area (Å²) in [4.78, 5) is 12.2. The number of hydrazone groups is 1. The largest absolute Gasteiger partial charge is 0.483 e. The minimum absolute atomic E-state index is 0.0744. The number of hydrogen-bond acceptors (Lipinski definition) is 3. The number of nitrogens with zero attached hydrogens (tertiary/aromatic N) is 2. The molecule has 0 radical (unpaired) electrons. The summed E-state index contributed by atoms with van der Waals surface area (Å²) in [7, 11) is 2.02. The first-order chi connectivity index (χ1) is 13.4. The molecule has 0 atom stereocenters. The Kier molecular flexibility index (Phi) is 5.83. The van der Waals surface area contributed by atoms with E-state index in [-0.39, 0.29) is 12.5 Å². The number of nitrogens with one attached hydrogen (secondary N) is 1. The molecule has 0 saturated carbocycles. The summed E-state index contributed by atoms with van der Waals surface area (Å²) in [5.41, 5.74) is 7.98. The lowest BCUT2D eigenvalue weighted by molar-refractivity contribution is -0.123. The number of carbonyl (C=O) groups is 1. The van der Waals surface area contributed by atoms with Crippen molar-refractivity contribution < 1.29 is 9.53 Å². The van der Waals surface area contributed by atoms with Gasteiger partial charge in [-0.1, -0.05) is 44.2 Å². The minimum Gasteiger partial charge on any atom is -0.483 e. The quantitative estimate of drug-likeness (QED) is 0.510. The second-order valence-electron chi connectivity index (χ2n) is 7.35. The Bertz CT molecular complexity index is 1030. The van der Waals surface area contributed by atoms with Crippen LogP contribution in [0, 0.1) is 13.8 Å². The third-order valence-corrected chi connectivity index (χ3v) is 4.98. The molecule has 0 spiro atoms. The van der Waals surface area contributed by atoms with Gasteiger partial charge in [-0.2, -0.15) is 5.10 Å². The third kappa shape index (κ3) is 4.09. The van der Waals surface area contributed by atoms with Gasteiger partial charge in [-0.15, -0.1) is 0 Å². The standard InChI is InChI=1S/C23H27N3O2/c1-15(2)18-11-10-16(3)12-22(18)28-14-23(27)25-24-13-20-17(4)26(5)21-9-7-6-8-19(20)21/h6-13,15H,14H2,1-5H3,(H,25,27). The van der Waals surface area contributed by atoms with Gasteiger partial charge in [0.05, 0.1) is 6.21 Å². The van der Waals surface area contributed by atoms with Crippen molar-refractivity contribution in [3.63, 3.8) is 0 Å². The van der Waals surface area contributed by atoms with Crippen molar-refractivity contribution >= 4 is 23.0 Å². The molecule has 0 fully saturated rings. The monoisotopic (exact) mass is 377 g/mol. The zero-order valence-electron chi connectivity index (χ0n) is 17.1. The molecule has 1 amide bonds. The van der Waals surface area contributed by atoms with Crippen molar-refractivity contribution in [3.8, 4) is 5.75 Å². The highest BCUT2D eigenvalue weighted by molar-refractivity contribution is 6.01. The van der Waals surface area contributed by atoms with Crippen LogP contribution in [0.5, 0.6) is 5.75 Å². The summed E-state index contributed by atoms with van der Waals surface area (Å²) in [6.45, 7) is 8.18. The summed E-state index contributed by atoms with van der Waals surface area (Å²) < 4.78 is 7.87. The number of amides is 1. The van der Waals surface area contributed by atoms with E-state index in [1.54, 1.807) is 6.21 Å². The van der Waals surface area contributed by atoms with Gasteiger partial charge in [0, 0.05) is 29.2 Å². The molecule has 5 nitrogen and oxygen atoms in total. The molecule has 0 saturated heterocycles. The first kappa shape index (κ1) is 19.7. The summed E-state index contributed by atoms with van der Waals surface area (Å²) in [6, 6.07) is 14.2. The molecule has 1 heterocycles. The lowest BCUT2D eigenvalue weighted by Crippen LogP contribution is -2.25. The second-order valence-corrected chi connectivity index (χ2v) is 7.35. The van der Waals surface area contributed by atoms with Gasteiger partial charge >= 0.3 is 0 Å². The molecule has 0 aliphatic heterocycles. The third-order valence-electron chi connectivity index (χ3n) is 4.98. The van der Waals surface area contributed by atoms with Crippen LogP contribution >= 0.6 is 0 Å². The van der Waals surface area contributed by atoms with Crippen LogP contribution in [-0.4, -0.2) is 23.3 Å². The summed E-state index contributed by atoms with van der Waals surface area (Å²) in [6.07, 6.45) is 1.70. The van der Waals surface area contributed by atoms with Crippen LogP contribution in [0.25, 0.3) is 10.9 Å². The molecule has 146 valence electrons. The fourth-order valence-corrected chi connectivity index (χ4v) is 3.30. The van der Waals surface area contributed by atoms with Crippen LogP contribution in [0.1, 0.15) is 42.1 Å². The first-order valence-corrected chi connectivity index (χ1v) is 9.47. The van der Waals surface area contributed by atoms with Gasteiger partial charge < -0.3 is 9.30 Å². The number of aryl methyl sites for hydroxylation is 2. The summed E-state index contributed by atoms with van der Waals surface area (Å²) in [5, 5.41) is 5.24. The first-order valence-electron chi connectivity index (χ1n) is 9.47. The van der Waals surface area contributed by atoms with Crippen molar-refractivity contribution in [1.82, 2.24) is 9.99 Å². The van der Waals surface area contributed by atoms with E-state index in [2.05, 4.69) is 53.2 Å². The highest BCUT2D eigenvalue weighted by Crippen LogP contribution is 2.27. The molecule has 5 heteroatoms. The van der Waals surface area contributed by atoms with Crippen LogP contribution in [0.2, 0.25) is 0 Å². The van der Waals surface area contributed by atoms with Gasteiger partial charge in [-0.3, -0.25) is 4.79 Å². The number of rotatable bonds is 6. The Morgan fingerprint density at radius 2 is 1.96 bits per heavy atom. The van der Waals surface area contributed by atoms with E-state index < -0.39 is 0 Å². The average molecular weight is 377 g/mol. The number of ether oxygens (including phenoxy) is 1. The van der Waals surface area contributed by atoms with Gasteiger partial charge in [0.2, 0.25) is 0 Å². The van der Waals surface area contributed by atoms with E-state index in [9.17, 15) is 4.79 Å². The van der Waals surface area contributed by atoms with Crippen LogP contribution < -0.4 is 10.2 Å². The Hall–Kier alpha value is -3.08. The van der Waals surface area contributed by atoms with Crippen molar-refractivity contribution in [2.45, 2.75) is 33.6 Å². The Morgan fingerprint density at radius 1 is 1.21 bits per heavy atom. The van der Waals surface area contributed by atoms with Crippen LogP contribution in [-0.2, 0) is 11.8 Å². The maximum absolute atomic E-state index is 12.2. The smallest absolute Gasteiger partial charge is 0.277 e. The van der Waals surface area contributed by atoms with Crippen LogP contribution in [0.15, 0.2) is 47.6 Å². The normalized spacial score (nSPS) is 11.5. The van der Waals surface area contributed by atoms with Gasteiger partial charge in [0.1, 0.15) is 5.75 Å². The minimum atomic E-state index is -0.287. The maximum Gasteiger partial charge on any atom is 0.277 e. The lowest BCUT2D eigenvalue weighted by Gasteiger charge is -2.14. The van der Waals surface area contributed by atoms with E-state index in [0.717, 1.165) is 39.0 Å². The van der Waals surface area contributed by atoms with Crippen molar-refractivity contribution in [2.24, 2.45) is 12.1 Å². The fraction of sp³-hybridized carbons (Fsp3) is 0.304. The number of fused-ring (bicyclic) bond motifs is 1. The average Bonchev–Trinajstić information content (AvgIpc) is 2.91. The fourth-order valence-electron chi connectivity index (χ4n) is 3.30.